The summed E-state index contributed by atoms with van der Waals surface area (Å²) in [6, 6.07) is 8.48. The molecule has 1 aliphatic heterocycles. The molecular weight excluding hydrogens is 352 g/mol. The van der Waals surface area contributed by atoms with Gasteiger partial charge in [0.1, 0.15) is 0 Å². The second-order valence-electron chi connectivity index (χ2n) is 7.76. The van der Waals surface area contributed by atoms with E-state index >= 15 is 0 Å². The van der Waals surface area contributed by atoms with Crippen LogP contribution in [-0.2, 0) is 6.42 Å². The maximum Gasteiger partial charge on any atom is 0.257 e. The number of β-amino-alcohol motifs (C(OH)–C–C–N with tert-alkyl or cyclic N) is 1. The lowest BCUT2D eigenvalue weighted by atomic mass is 10.1. The standard InChI is InChI=1S/C22H32N4O2/c1-5-18-15-25(12-11-24(18)14-17(4)27)22(28)20-13-23-26(21(20)6-2)19-9-7-16(3)8-10-19/h7-10,13,17-18,27H,5-6,11-12,14-15H2,1-4H3/t17-,18+/m0/s1. The van der Waals surface area contributed by atoms with E-state index in [4.69, 9.17) is 0 Å². The maximum absolute atomic E-state index is 13.3. The molecule has 1 saturated heterocycles. The SMILES string of the molecule is CCc1c(C(=O)N2CCN(C[C@H](C)O)[C@H](CC)C2)cnn1-c1ccc(C)cc1. The van der Waals surface area contributed by atoms with E-state index in [0.717, 1.165) is 30.8 Å². The van der Waals surface area contributed by atoms with Crippen molar-refractivity contribution in [3.05, 3.63) is 47.3 Å². The zero-order valence-corrected chi connectivity index (χ0v) is 17.4. The van der Waals surface area contributed by atoms with E-state index in [1.54, 1.807) is 6.20 Å². The number of benzene rings is 1. The molecule has 2 atom stereocenters. The molecule has 3 rings (SSSR count). The Morgan fingerprint density at radius 3 is 2.57 bits per heavy atom. The second kappa shape index (κ2) is 8.88. The highest BCUT2D eigenvalue weighted by Crippen LogP contribution is 2.21. The molecule has 0 unspecified atom stereocenters. The number of hydrogen-bond acceptors (Lipinski definition) is 4. The van der Waals surface area contributed by atoms with Crippen LogP contribution in [-0.4, -0.2) is 68.9 Å². The molecule has 6 heteroatoms. The van der Waals surface area contributed by atoms with Crippen molar-refractivity contribution in [3.63, 3.8) is 0 Å². The third-order valence-electron chi connectivity index (χ3n) is 5.57. The number of aliphatic hydroxyl groups excluding tert-OH is 1. The van der Waals surface area contributed by atoms with Crippen molar-refractivity contribution in [3.8, 4) is 5.69 Å². The fourth-order valence-corrected chi connectivity index (χ4v) is 4.02. The summed E-state index contributed by atoms with van der Waals surface area (Å²) in [6.45, 7) is 10.9. The average molecular weight is 385 g/mol. The van der Waals surface area contributed by atoms with Gasteiger partial charge in [0.25, 0.3) is 5.91 Å². The Kier molecular flexibility index (Phi) is 6.52. The van der Waals surface area contributed by atoms with Gasteiger partial charge in [-0.2, -0.15) is 5.10 Å². The smallest absolute Gasteiger partial charge is 0.257 e. The van der Waals surface area contributed by atoms with Crippen molar-refractivity contribution in [1.29, 1.82) is 0 Å². The van der Waals surface area contributed by atoms with E-state index in [1.165, 1.54) is 5.56 Å². The number of nitrogens with zero attached hydrogens (tertiary/aromatic N) is 4. The fraction of sp³-hybridized carbons (Fsp3) is 0.545. The van der Waals surface area contributed by atoms with Crippen LogP contribution in [0.25, 0.3) is 5.69 Å². The molecule has 0 aliphatic carbocycles. The topological polar surface area (TPSA) is 61.6 Å². The van der Waals surface area contributed by atoms with Gasteiger partial charge in [0.2, 0.25) is 0 Å². The van der Waals surface area contributed by atoms with Gasteiger partial charge >= 0.3 is 0 Å². The molecule has 6 nitrogen and oxygen atoms in total. The highest BCUT2D eigenvalue weighted by molar-refractivity contribution is 5.95. The molecule has 2 heterocycles. The minimum Gasteiger partial charge on any atom is -0.392 e. The van der Waals surface area contributed by atoms with Gasteiger partial charge in [-0.3, -0.25) is 9.69 Å². The Balaban J connectivity index is 1.80. The van der Waals surface area contributed by atoms with Crippen LogP contribution in [0.15, 0.2) is 30.5 Å². The third kappa shape index (κ3) is 4.28. The summed E-state index contributed by atoms with van der Waals surface area (Å²) in [7, 11) is 0. The highest BCUT2D eigenvalue weighted by Gasteiger charge is 2.31. The predicted octanol–water partition coefficient (Wildman–Crippen LogP) is 2.66. The Labute approximate surface area is 167 Å². The van der Waals surface area contributed by atoms with Crippen LogP contribution in [0.3, 0.4) is 0 Å². The molecule has 1 aliphatic rings. The average Bonchev–Trinajstić information content (AvgIpc) is 3.11. The molecule has 28 heavy (non-hydrogen) atoms. The van der Waals surface area contributed by atoms with Crippen molar-refractivity contribution in [1.82, 2.24) is 19.6 Å². The quantitative estimate of drug-likeness (QED) is 0.832. The minimum atomic E-state index is -0.351. The molecule has 0 radical (unpaired) electrons. The van der Waals surface area contributed by atoms with Crippen molar-refractivity contribution in [2.24, 2.45) is 0 Å². The molecule has 1 aromatic carbocycles. The van der Waals surface area contributed by atoms with E-state index in [2.05, 4.69) is 42.9 Å². The van der Waals surface area contributed by atoms with Gasteiger partial charge in [-0.15, -0.1) is 0 Å². The lowest BCUT2D eigenvalue weighted by molar-refractivity contribution is 0.0309. The summed E-state index contributed by atoms with van der Waals surface area (Å²) in [4.78, 5) is 17.5. The molecule has 0 bridgehead atoms. The number of aryl methyl sites for hydroxylation is 1. The Morgan fingerprint density at radius 2 is 1.96 bits per heavy atom. The molecule has 1 N–H and O–H groups in total. The first-order valence-electron chi connectivity index (χ1n) is 10.3. The number of piperazine rings is 1. The van der Waals surface area contributed by atoms with E-state index in [9.17, 15) is 9.90 Å². The fourth-order valence-electron chi connectivity index (χ4n) is 4.02. The van der Waals surface area contributed by atoms with E-state index in [-0.39, 0.29) is 18.1 Å². The summed E-state index contributed by atoms with van der Waals surface area (Å²) in [5.41, 5.74) is 3.83. The maximum atomic E-state index is 13.3. The van der Waals surface area contributed by atoms with Crippen LogP contribution < -0.4 is 0 Å². The Bertz CT molecular complexity index is 797. The summed E-state index contributed by atoms with van der Waals surface area (Å²) >= 11 is 0. The van der Waals surface area contributed by atoms with Gasteiger partial charge in [0.05, 0.1) is 29.2 Å². The molecule has 1 fully saturated rings. The van der Waals surface area contributed by atoms with Crippen LogP contribution >= 0.6 is 0 Å². The van der Waals surface area contributed by atoms with Gasteiger partial charge in [-0.25, -0.2) is 4.68 Å². The van der Waals surface area contributed by atoms with Crippen molar-refractivity contribution in [2.45, 2.75) is 52.7 Å². The number of carbonyl (C=O) groups is 1. The predicted molar refractivity (Wildman–Crippen MR) is 111 cm³/mol. The second-order valence-corrected chi connectivity index (χ2v) is 7.76. The van der Waals surface area contributed by atoms with Gasteiger partial charge in [0, 0.05) is 32.2 Å². The lowest BCUT2D eigenvalue weighted by Gasteiger charge is -2.41. The van der Waals surface area contributed by atoms with Gasteiger partial charge < -0.3 is 10.0 Å². The zero-order chi connectivity index (χ0) is 20.3. The summed E-state index contributed by atoms with van der Waals surface area (Å²) < 4.78 is 1.88. The summed E-state index contributed by atoms with van der Waals surface area (Å²) in [6.07, 6.45) is 3.06. The van der Waals surface area contributed by atoms with E-state index in [1.807, 2.05) is 28.6 Å². The summed E-state index contributed by atoms with van der Waals surface area (Å²) in [5, 5.41) is 14.3. The normalized spacial score (nSPS) is 19.0. The van der Waals surface area contributed by atoms with Crippen molar-refractivity contribution in [2.75, 3.05) is 26.2 Å². The van der Waals surface area contributed by atoms with Gasteiger partial charge in [-0.1, -0.05) is 31.5 Å². The molecule has 0 saturated carbocycles. The molecule has 1 amide bonds. The zero-order valence-electron chi connectivity index (χ0n) is 17.4. The van der Waals surface area contributed by atoms with Crippen LogP contribution in [0, 0.1) is 6.92 Å². The van der Waals surface area contributed by atoms with Crippen LogP contribution in [0.5, 0.6) is 0 Å². The van der Waals surface area contributed by atoms with Gasteiger partial charge in [0.15, 0.2) is 0 Å². The first-order chi connectivity index (χ1) is 13.4. The highest BCUT2D eigenvalue weighted by atomic mass is 16.3. The third-order valence-corrected chi connectivity index (χ3v) is 5.57. The molecular formula is C22H32N4O2. The Morgan fingerprint density at radius 1 is 1.25 bits per heavy atom. The summed E-state index contributed by atoms with van der Waals surface area (Å²) in [5.74, 6) is 0.0605. The first kappa shape index (κ1) is 20.6. The van der Waals surface area contributed by atoms with Gasteiger partial charge in [-0.05, 0) is 38.8 Å². The van der Waals surface area contributed by atoms with Crippen LogP contribution in [0.2, 0.25) is 0 Å². The number of aliphatic hydroxyl groups is 1. The van der Waals surface area contributed by atoms with Crippen molar-refractivity contribution >= 4 is 5.91 Å². The number of rotatable bonds is 6. The lowest BCUT2D eigenvalue weighted by Crippen LogP contribution is -2.55. The molecule has 152 valence electrons. The number of aromatic nitrogens is 2. The van der Waals surface area contributed by atoms with E-state index in [0.29, 0.717) is 25.2 Å². The van der Waals surface area contributed by atoms with Crippen LogP contribution in [0.4, 0.5) is 0 Å². The molecule has 0 spiro atoms. The number of hydrogen-bond donors (Lipinski definition) is 1. The largest absolute Gasteiger partial charge is 0.392 e. The van der Waals surface area contributed by atoms with Crippen LogP contribution in [0.1, 0.15) is 48.8 Å². The monoisotopic (exact) mass is 384 g/mol. The first-order valence-corrected chi connectivity index (χ1v) is 10.3. The minimum absolute atomic E-state index is 0.0605. The molecule has 2 aromatic rings. The van der Waals surface area contributed by atoms with E-state index < -0.39 is 0 Å². The number of amides is 1. The Hall–Kier alpha value is -2.18. The molecule has 1 aromatic heterocycles. The number of carbonyl (C=O) groups excluding carboxylic acids is 1. The van der Waals surface area contributed by atoms with Crippen molar-refractivity contribution < 1.29 is 9.90 Å².